The van der Waals surface area contributed by atoms with Gasteiger partial charge in [0.25, 0.3) is 5.56 Å². The molecule has 0 radical (unpaired) electrons. The first-order chi connectivity index (χ1) is 13.4. The Kier molecular flexibility index (Phi) is 5.30. The van der Waals surface area contributed by atoms with Crippen molar-refractivity contribution < 1.29 is 15.3 Å². The maximum Gasteiger partial charge on any atom is 0.328 e. The first-order valence-corrected chi connectivity index (χ1v) is 8.21. The van der Waals surface area contributed by atoms with Gasteiger partial charge in [0, 0.05) is 0 Å². The van der Waals surface area contributed by atoms with E-state index in [0.717, 1.165) is 16.7 Å². The van der Waals surface area contributed by atoms with E-state index in [1.165, 1.54) is 6.08 Å². The summed E-state index contributed by atoms with van der Waals surface area (Å²) in [5.41, 5.74) is 3.51. The van der Waals surface area contributed by atoms with Crippen LogP contribution in [0.15, 0.2) is 76.0 Å². The minimum atomic E-state index is -0.800. The van der Waals surface area contributed by atoms with Crippen LogP contribution in [0.2, 0.25) is 0 Å². The molecule has 0 fully saturated rings. The van der Waals surface area contributed by atoms with Crippen LogP contribution in [-0.4, -0.2) is 25.3 Å². The van der Waals surface area contributed by atoms with Crippen molar-refractivity contribution in [2.24, 2.45) is 0 Å². The van der Waals surface area contributed by atoms with Crippen molar-refractivity contribution in [2.75, 3.05) is 0 Å². The minimum Gasteiger partial charge on any atom is -0.508 e. The van der Waals surface area contributed by atoms with Crippen LogP contribution in [0.5, 0.6) is 17.4 Å². The lowest BCUT2D eigenvalue weighted by Gasteiger charge is -2.08. The van der Waals surface area contributed by atoms with Crippen molar-refractivity contribution in [3.8, 4) is 17.4 Å². The van der Waals surface area contributed by atoms with Crippen molar-refractivity contribution in [2.45, 2.75) is 0 Å². The molecule has 0 aliphatic rings. The monoisotopic (exact) mass is 376 g/mol. The summed E-state index contributed by atoms with van der Waals surface area (Å²) >= 11 is 0. The van der Waals surface area contributed by atoms with Crippen LogP contribution >= 0.6 is 0 Å². The summed E-state index contributed by atoms with van der Waals surface area (Å²) in [6.07, 6.45) is 4.51. The molecule has 0 atom stereocenters. The molecule has 0 saturated heterocycles. The average Bonchev–Trinajstić information content (AvgIpc) is 2.65. The Morgan fingerprint density at radius 1 is 0.821 bits per heavy atom. The molecule has 0 aliphatic carbocycles. The Morgan fingerprint density at radius 3 is 1.86 bits per heavy atom. The molecule has 5 N–H and O–H groups in total. The molecule has 0 saturated carbocycles. The number of phenolic OH excluding ortho intramolecular Hbond substituents is 2. The zero-order chi connectivity index (χ0) is 20.1. The number of rotatable bonds is 4. The largest absolute Gasteiger partial charge is 0.508 e. The fourth-order valence-electron chi connectivity index (χ4n) is 2.52. The van der Waals surface area contributed by atoms with E-state index < -0.39 is 17.1 Å². The van der Waals surface area contributed by atoms with Gasteiger partial charge in [0.1, 0.15) is 17.1 Å². The fraction of sp³-hybridized carbons (Fsp3) is 0. The molecule has 140 valence electrons. The van der Waals surface area contributed by atoms with Gasteiger partial charge in [-0.15, -0.1) is 5.73 Å². The number of aromatic hydroxyl groups is 3. The summed E-state index contributed by atoms with van der Waals surface area (Å²) in [5.74, 6) is -0.273. The fourth-order valence-corrected chi connectivity index (χ4v) is 2.52. The van der Waals surface area contributed by atoms with Gasteiger partial charge in [-0.25, -0.2) is 4.79 Å². The molecular formula is C21H16N2O5. The highest BCUT2D eigenvalue weighted by molar-refractivity contribution is 5.81. The third kappa shape index (κ3) is 4.30. The first kappa shape index (κ1) is 18.6. The van der Waals surface area contributed by atoms with Gasteiger partial charge in [-0.3, -0.25) is 14.8 Å². The lowest BCUT2D eigenvalue weighted by atomic mass is 9.97. The molecule has 2 aromatic carbocycles. The standard InChI is InChI=1S/C21H16N2O5/c24-15-9-5-13(6-10-15)17(14-7-11-16(25)12-8-14)3-1-2-4-18-19(26)22-21(28)23-20(18)27/h1,3-12,24-25H,(H3,22,23,26,27,28). The van der Waals surface area contributed by atoms with Crippen molar-refractivity contribution in [3.05, 3.63) is 104 Å². The maximum atomic E-state index is 11.7. The Labute approximate surface area is 158 Å². The van der Waals surface area contributed by atoms with Gasteiger partial charge in [-0.1, -0.05) is 24.3 Å². The van der Waals surface area contributed by atoms with Crippen LogP contribution in [0.3, 0.4) is 0 Å². The number of allylic oxidation sites excluding steroid dienone is 2. The summed E-state index contributed by atoms with van der Waals surface area (Å²) < 4.78 is 0. The van der Waals surface area contributed by atoms with E-state index in [1.807, 2.05) is 4.98 Å². The Bertz CT molecular complexity index is 1150. The van der Waals surface area contributed by atoms with Crippen molar-refractivity contribution in [3.63, 3.8) is 0 Å². The van der Waals surface area contributed by atoms with E-state index in [-0.39, 0.29) is 17.1 Å². The third-order valence-electron chi connectivity index (χ3n) is 3.89. The second-order valence-corrected chi connectivity index (χ2v) is 5.82. The Balaban J connectivity index is 2.03. The van der Waals surface area contributed by atoms with E-state index in [2.05, 4.69) is 10.7 Å². The molecule has 28 heavy (non-hydrogen) atoms. The second-order valence-electron chi connectivity index (χ2n) is 5.82. The van der Waals surface area contributed by atoms with E-state index >= 15 is 0 Å². The lowest BCUT2D eigenvalue weighted by Crippen LogP contribution is -2.23. The van der Waals surface area contributed by atoms with E-state index in [1.54, 1.807) is 60.7 Å². The van der Waals surface area contributed by atoms with Crippen molar-refractivity contribution in [1.82, 2.24) is 9.97 Å². The number of benzene rings is 2. The van der Waals surface area contributed by atoms with Crippen LogP contribution < -0.4 is 11.2 Å². The number of nitrogens with one attached hydrogen (secondary N) is 2. The number of aromatic nitrogens is 2. The van der Waals surface area contributed by atoms with Gasteiger partial charge in [-0.05, 0) is 59.2 Å². The summed E-state index contributed by atoms with van der Waals surface area (Å²) in [6, 6.07) is 13.2. The topological polar surface area (TPSA) is 126 Å². The molecule has 0 unspecified atom stereocenters. The van der Waals surface area contributed by atoms with Crippen LogP contribution in [0.1, 0.15) is 16.7 Å². The third-order valence-corrected chi connectivity index (χ3v) is 3.89. The van der Waals surface area contributed by atoms with Gasteiger partial charge < -0.3 is 15.3 Å². The molecule has 0 bridgehead atoms. The average molecular weight is 376 g/mol. The molecule has 0 spiro atoms. The Morgan fingerprint density at radius 2 is 1.36 bits per heavy atom. The van der Waals surface area contributed by atoms with Gasteiger partial charge >= 0.3 is 5.69 Å². The number of hydrogen-bond donors (Lipinski definition) is 5. The van der Waals surface area contributed by atoms with Gasteiger partial charge in [0.2, 0.25) is 5.88 Å². The highest BCUT2D eigenvalue weighted by Crippen LogP contribution is 2.26. The zero-order valence-corrected chi connectivity index (χ0v) is 14.5. The van der Waals surface area contributed by atoms with Crippen LogP contribution in [0.4, 0.5) is 0 Å². The molecule has 3 rings (SSSR count). The van der Waals surface area contributed by atoms with Gasteiger partial charge in [0.15, 0.2) is 0 Å². The molecule has 7 heteroatoms. The molecule has 1 aromatic heterocycles. The second kappa shape index (κ2) is 7.99. The highest BCUT2D eigenvalue weighted by Gasteiger charge is 2.05. The quantitative estimate of drug-likeness (QED) is 0.353. The number of H-pyrrole nitrogens is 2. The first-order valence-electron chi connectivity index (χ1n) is 8.21. The molecule has 0 amide bonds. The summed E-state index contributed by atoms with van der Waals surface area (Å²) in [6.45, 7) is 0. The molecule has 1 heterocycles. The van der Waals surface area contributed by atoms with Gasteiger partial charge in [0.05, 0.1) is 0 Å². The predicted molar refractivity (Wildman–Crippen MR) is 105 cm³/mol. The number of hydrogen-bond acceptors (Lipinski definition) is 5. The zero-order valence-electron chi connectivity index (χ0n) is 14.5. The smallest absolute Gasteiger partial charge is 0.328 e. The SMILES string of the molecule is O=c1[nH]c(O)c(C=C=CC=C(c2ccc(O)cc2)c2ccc(O)cc2)c(=O)[nH]1. The summed E-state index contributed by atoms with van der Waals surface area (Å²) in [4.78, 5) is 26.9. The molecule has 0 aliphatic heterocycles. The van der Waals surface area contributed by atoms with Crippen LogP contribution in [-0.2, 0) is 0 Å². The highest BCUT2D eigenvalue weighted by atomic mass is 16.3. The van der Waals surface area contributed by atoms with Crippen molar-refractivity contribution in [1.29, 1.82) is 0 Å². The summed E-state index contributed by atoms with van der Waals surface area (Å²) in [7, 11) is 0. The minimum absolute atomic E-state index is 0.125. The number of phenols is 2. The molecule has 7 nitrogen and oxygen atoms in total. The van der Waals surface area contributed by atoms with E-state index in [9.17, 15) is 24.9 Å². The predicted octanol–water partition coefficient (Wildman–Crippen LogP) is 2.48. The van der Waals surface area contributed by atoms with Crippen LogP contribution in [0.25, 0.3) is 11.6 Å². The summed E-state index contributed by atoms with van der Waals surface area (Å²) in [5, 5.41) is 28.7. The molecule has 3 aromatic rings. The maximum absolute atomic E-state index is 11.7. The van der Waals surface area contributed by atoms with Crippen LogP contribution in [0, 0.1) is 0 Å². The van der Waals surface area contributed by atoms with Gasteiger partial charge in [-0.2, -0.15) is 0 Å². The Hall–Kier alpha value is -4.22. The number of aromatic amines is 2. The van der Waals surface area contributed by atoms with E-state index in [0.29, 0.717) is 0 Å². The van der Waals surface area contributed by atoms with Crippen molar-refractivity contribution >= 4 is 11.6 Å². The van der Waals surface area contributed by atoms with E-state index in [4.69, 9.17) is 0 Å². The lowest BCUT2D eigenvalue weighted by molar-refractivity contribution is 0.447. The molecular weight excluding hydrogens is 360 g/mol. The normalized spacial score (nSPS) is 10.0.